The van der Waals surface area contributed by atoms with E-state index in [4.69, 9.17) is 9.97 Å². The summed E-state index contributed by atoms with van der Waals surface area (Å²) in [7, 11) is 0.952. The van der Waals surface area contributed by atoms with Crippen LogP contribution in [0.5, 0.6) is 0 Å². The van der Waals surface area contributed by atoms with Crippen LogP contribution in [0, 0.1) is 0 Å². The van der Waals surface area contributed by atoms with Gasteiger partial charge in [-0.1, -0.05) is 19.3 Å². The Morgan fingerprint density at radius 3 is 2.83 bits per heavy atom. The molecule has 1 aromatic rings. The molecule has 0 spiro atoms. The molecule has 0 aromatic carbocycles. The van der Waals surface area contributed by atoms with Crippen LogP contribution < -0.4 is 10.2 Å². The summed E-state index contributed by atoms with van der Waals surface area (Å²) >= 11 is 0. The van der Waals surface area contributed by atoms with Crippen LogP contribution in [-0.4, -0.2) is 45.0 Å². The summed E-state index contributed by atoms with van der Waals surface area (Å²) in [6.07, 6.45) is 7.10. The molecule has 3 heterocycles. The summed E-state index contributed by atoms with van der Waals surface area (Å²) in [6.45, 7) is 2.58. The van der Waals surface area contributed by atoms with Gasteiger partial charge in [-0.25, -0.2) is 14.8 Å². The number of carbonyl (C=O) groups is 1. The van der Waals surface area contributed by atoms with Crippen molar-refractivity contribution in [3.63, 3.8) is 0 Å². The highest BCUT2D eigenvalue weighted by Gasteiger charge is 2.28. The third-order valence-electron chi connectivity index (χ3n) is 5.35. The second kappa shape index (κ2) is 6.69. The van der Waals surface area contributed by atoms with E-state index in [0.29, 0.717) is 12.3 Å². The Labute approximate surface area is 140 Å². The van der Waals surface area contributed by atoms with Crippen molar-refractivity contribution < 1.29 is 10.1 Å². The van der Waals surface area contributed by atoms with Crippen LogP contribution in [0.4, 0.5) is 5.82 Å². The zero-order valence-electron chi connectivity index (χ0n) is 13.7. The van der Waals surface area contributed by atoms with E-state index in [0.717, 1.165) is 52.9 Å². The van der Waals surface area contributed by atoms with Crippen molar-refractivity contribution in [2.24, 2.45) is 0 Å². The first-order chi connectivity index (χ1) is 11.3. The highest BCUT2D eigenvalue weighted by atomic mass is 28.2. The molecule has 1 saturated carbocycles. The summed E-state index contributed by atoms with van der Waals surface area (Å²) in [6, 6.07) is 2.26. The maximum atomic E-state index is 11.7. The zero-order valence-corrected chi connectivity index (χ0v) is 14.7. The Morgan fingerprint density at radius 1 is 1.09 bits per heavy atom. The predicted octanol–water partition coefficient (Wildman–Crippen LogP) is 0.542. The summed E-state index contributed by atoms with van der Waals surface area (Å²) in [5, 5.41) is 1.85. The fraction of sp³-hybridized carbons (Fsp3) is 0.706. The van der Waals surface area contributed by atoms with Gasteiger partial charge < -0.3 is 4.90 Å². The second-order valence-electron chi connectivity index (χ2n) is 6.97. The fourth-order valence-corrected chi connectivity index (χ4v) is 5.29. The van der Waals surface area contributed by atoms with E-state index < -0.39 is 0 Å². The molecule has 6 heteroatoms. The molecular formula is C17H25N4OSi+. The molecule has 1 aromatic heterocycles. The first kappa shape index (κ1) is 15.3. The average molecular weight is 330 g/mol. The van der Waals surface area contributed by atoms with Gasteiger partial charge in [0.2, 0.25) is 0 Å². The van der Waals surface area contributed by atoms with E-state index in [-0.39, 0.29) is 5.91 Å². The minimum Gasteiger partial charge on any atom is -0.350 e. The van der Waals surface area contributed by atoms with E-state index in [1.165, 1.54) is 43.4 Å². The highest BCUT2D eigenvalue weighted by Crippen LogP contribution is 2.34. The summed E-state index contributed by atoms with van der Waals surface area (Å²) in [5.41, 5.74) is 2.67. The van der Waals surface area contributed by atoms with Crippen LogP contribution in [0.15, 0.2) is 0 Å². The number of rotatable bonds is 2. The van der Waals surface area contributed by atoms with Crippen LogP contribution in [0.3, 0.4) is 0 Å². The zero-order chi connectivity index (χ0) is 15.6. The maximum Gasteiger partial charge on any atom is 0.312 e. The molecule has 0 atom stereocenters. The van der Waals surface area contributed by atoms with Crippen LogP contribution in [0.2, 0.25) is 0 Å². The van der Waals surface area contributed by atoms with Gasteiger partial charge in [-0.15, -0.1) is 0 Å². The monoisotopic (exact) mass is 329 g/mol. The number of hydrogen-bond acceptors (Lipinski definition) is 4. The Morgan fingerprint density at radius 2 is 1.96 bits per heavy atom. The molecule has 1 amide bonds. The number of primary amides is 1. The van der Waals surface area contributed by atoms with E-state index in [1.807, 2.05) is 5.32 Å². The maximum absolute atomic E-state index is 11.7. The summed E-state index contributed by atoms with van der Waals surface area (Å²) < 4.78 is 0. The Balaban J connectivity index is 1.67. The fourth-order valence-electron chi connectivity index (χ4n) is 4.03. The van der Waals surface area contributed by atoms with Crippen molar-refractivity contribution in [2.75, 3.05) is 24.5 Å². The van der Waals surface area contributed by atoms with Crippen LogP contribution in [-0.2, 0) is 16.9 Å². The number of aromatic nitrogens is 2. The molecule has 2 fully saturated rings. The summed E-state index contributed by atoms with van der Waals surface area (Å²) in [5.74, 6) is 3.08. The minimum atomic E-state index is 0.285. The molecule has 3 aliphatic rings. The molecular weight excluding hydrogens is 304 g/mol. The number of fused-ring (bicyclic) bond motifs is 1. The smallest absolute Gasteiger partial charge is 0.312 e. The van der Waals surface area contributed by atoms with E-state index in [1.54, 1.807) is 0 Å². The minimum absolute atomic E-state index is 0.285. The number of hydrogen-bond donors (Lipinski definition) is 1. The van der Waals surface area contributed by atoms with Gasteiger partial charge in [0, 0.05) is 23.7 Å². The van der Waals surface area contributed by atoms with Crippen molar-refractivity contribution >= 4 is 21.2 Å². The SMILES string of the molecule is O=C1CCN(c2nc(C3CCCCC3)nc3c2C[Si]C3)CC[NH2+]1. The molecule has 5 nitrogen and oxygen atoms in total. The molecule has 122 valence electrons. The lowest BCUT2D eigenvalue weighted by atomic mass is 9.88. The number of anilines is 1. The van der Waals surface area contributed by atoms with Gasteiger partial charge in [0.15, 0.2) is 0 Å². The molecule has 0 unspecified atom stereocenters. The Kier molecular flexibility index (Phi) is 4.44. The van der Waals surface area contributed by atoms with Gasteiger partial charge in [-0.3, -0.25) is 5.32 Å². The Bertz CT molecular complexity index is 601. The number of carbonyl (C=O) groups excluding carboxylic acids is 1. The van der Waals surface area contributed by atoms with Gasteiger partial charge >= 0.3 is 5.91 Å². The third-order valence-corrected chi connectivity index (χ3v) is 6.54. The number of nitrogens with two attached hydrogens (primary N) is 1. The largest absolute Gasteiger partial charge is 0.350 e. The van der Waals surface area contributed by atoms with Crippen molar-refractivity contribution in [3.05, 3.63) is 17.1 Å². The van der Waals surface area contributed by atoms with E-state index in [9.17, 15) is 4.79 Å². The van der Waals surface area contributed by atoms with E-state index in [2.05, 4.69) is 4.90 Å². The molecule has 2 aliphatic heterocycles. The van der Waals surface area contributed by atoms with Gasteiger partial charge in [0.25, 0.3) is 0 Å². The van der Waals surface area contributed by atoms with Crippen molar-refractivity contribution in [3.8, 4) is 0 Å². The average Bonchev–Trinajstić information content (AvgIpc) is 2.96. The van der Waals surface area contributed by atoms with Crippen molar-refractivity contribution in [1.29, 1.82) is 0 Å². The third kappa shape index (κ3) is 3.19. The molecule has 1 aliphatic carbocycles. The van der Waals surface area contributed by atoms with E-state index >= 15 is 0 Å². The normalized spacial score (nSPS) is 23.0. The lowest BCUT2D eigenvalue weighted by Crippen LogP contribution is -2.88. The number of quaternary nitrogens is 1. The quantitative estimate of drug-likeness (QED) is 0.805. The lowest BCUT2D eigenvalue weighted by molar-refractivity contribution is -0.564. The lowest BCUT2D eigenvalue weighted by Gasteiger charge is -2.26. The molecule has 2 N–H and O–H groups in total. The van der Waals surface area contributed by atoms with Gasteiger partial charge in [-0.2, -0.15) is 0 Å². The number of amides is 1. The van der Waals surface area contributed by atoms with Gasteiger partial charge in [0.1, 0.15) is 18.2 Å². The van der Waals surface area contributed by atoms with Crippen LogP contribution in [0.1, 0.15) is 61.5 Å². The Hall–Kier alpha value is -1.27. The predicted molar refractivity (Wildman–Crippen MR) is 89.6 cm³/mol. The first-order valence-electron chi connectivity index (χ1n) is 9.02. The molecule has 0 bridgehead atoms. The van der Waals surface area contributed by atoms with Crippen molar-refractivity contribution in [1.82, 2.24) is 9.97 Å². The van der Waals surface area contributed by atoms with Crippen LogP contribution in [0.25, 0.3) is 0 Å². The van der Waals surface area contributed by atoms with Crippen LogP contribution >= 0.6 is 0 Å². The molecule has 23 heavy (non-hydrogen) atoms. The van der Waals surface area contributed by atoms with Gasteiger partial charge in [0.05, 0.1) is 22.5 Å². The first-order valence-corrected chi connectivity index (χ1v) is 10.4. The van der Waals surface area contributed by atoms with Gasteiger partial charge in [-0.05, 0) is 24.9 Å². The number of nitrogens with zero attached hydrogens (tertiary/aromatic N) is 3. The molecule has 2 radical (unpaired) electrons. The van der Waals surface area contributed by atoms with Crippen molar-refractivity contribution in [2.45, 2.75) is 56.5 Å². The topological polar surface area (TPSA) is 62.7 Å². The highest BCUT2D eigenvalue weighted by molar-refractivity contribution is 6.36. The second-order valence-corrected chi connectivity index (χ2v) is 8.17. The molecule has 1 saturated heterocycles. The standard InChI is InChI=1S/C17H24N4OSi/c22-15-6-8-21(9-7-18-15)17-13-10-23-11-14(13)19-16(20-17)12-4-2-1-3-5-12/h12H,1-11H2,(H,18,22)/p+1. The molecule has 4 rings (SSSR count). The summed E-state index contributed by atoms with van der Waals surface area (Å²) in [4.78, 5) is 24.1.